The van der Waals surface area contributed by atoms with Crippen molar-refractivity contribution >= 4 is 50.6 Å². The van der Waals surface area contributed by atoms with Crippen molar-refractivity contribution in [3.8, 4) is 10.6 Å². The molecule has 4 aromatic rings. The third-order valence-electron chi connectivity index (χ3n) is 6.01. The van der Waals surface area contributed by atoms with Crippen LogP contribution in [0.3, 0.4) is 0 Å². The molecule has 1 atom stereocenters. The number of carbonyl (C=O) groups excluding carboxylic acids is 1. The van der Waals surface area contributed by atoms with E-state index in [2.05, 4.69) is 6.92 Å². The van der Waals surface area contributed by atoms with Crippen LogP contribution in [0.4, 0.5) is 0 Å². The minimum absolute atomic E-state index is 0.0885. The Balaban J connectivity index is 1.40. The van der Waals surface area contributed by atoms with E-state index in [0.717, 1.165) is 50.9 Å². The lowest BCUT2D eigenvalue weighted by molar-refractivity contribution is 0.100. The van der Waals surface area contributed by atoms with Crippen molar-refractivity contribution in [3.63, 3.8) is 0 Å². The van der Waals surface area contributed by atoms with Gasteiger partial charge in [-0.1, -0.05) is 30.8 Å². The molecule has 2 N–H and O–H groups in total. The molecule has 33 heavy (non-hydrogen) atoms. The number of benzene rings is 1. The fourth-order valence-corrected chi connectivity index (χ4v) is 7.53. The Kier molecular flexibility index (Phi) is 6.11. The molecule has 0 fully saturated rings. The van der Waals surface area contributed by atoms with Crippen LogP contribution in [0.1, 0.15) is 46.8 Å². The number of hydrogen-bond acceptors (Lipinski definition) is 7. The van der Waals surface area contributed by atoms with Crippen LogP contribution in [0.5, 0.6) is 0 Å². The second-order valence-corrected chi connectivity index (χ2v) is 11.2. The van der Waals surface area contributed by atoms with Crippen molar-refractivity contribution in [1.82, 2.24) is 14.5 Å². The second kappa shape index (κ2) is 9.04. The molecule has 3 aromatic heterocycles. The molecule has 3 heterocycles. The first-order chi connectivity index (χ1) is 15.9. The molecular weight excluding hydrogens is 472 g/mol. The normalized spacial score (nSPS) is 15.6. The summed E-state index contributed by atoms with van der Waals surface area (Å²) in [7, 11) is 0. The van der Waals surface area contributed by atoms with Gasteiger partial charge in [0.2, 0.25) is 5.91 Å². The molecule has 1 amide bonds. The number of primary amides is 1. The summed E-state index contributed by atoms with van der Waals surface area (Å²) in [6, 6.07) is 7.15. The SMILES string of the molecule is CCn1c(SCc2csc(-c3ccc(C(N)=O)cc3)n2)nc2sc3c(c2c1=O)CCC(C)C3. The van der Waals surface area contributed by atoms with Crippen molar-refractivity contribution in [2.45, 2.75) is 50.6 Å². The molecule has 170 valence electrons. The maximum absolute atomic E-state index is 13.3. The summed E-state index contributed by atoms with van der Waals surface area (Å²) in [6.07, 6.45) is 3.16. The maximum atomic E-state index is 13.3. The Morgan fingerprint density at radius 1 is 1.27 bits per heavy atom. The lowest BCUT2D eigenvalue weighted by atomic mass is 9.89. The summed E-state index contributed by atoms with van der Waals surface area (Å²) < 4.78 is 1.80. The van der Waals surface area contributed by atoms with Gasteiger partial charge in [-0.25, -0.2) is 9.97 Å². The Bertz CT molecular complexity index is 1400. The molecule has 6 nitrogen and oxygen atoms in total. The number of thiophene rings is 1. The Hall–Kier alpha value is -2.49. The van der Waals surface area contributed by atoms with Crippen LogP contribution in [-0.4, -0.2) is 20.4 Å². The van der Waals surface area contributed by atoms with E-state index in [0.29, 0.717) is 23.8 Å². The van der Waals surface area contributed by atoms with Crippen molar-refractivity contribution < 1.29 is 4.79 Å². The van der Waals surface area contributed by atoms with Crippen LogP contribution in [0.2, 0.25) is 0 Å². The number of nitrogens with zero attached hydrogens (tertiary/aromatic N) is 3. The molecular formula is C24H24N4O2S3. The monoisotopic (exact) mass is 496 g/mol. The molecule has 1 aliphatic rings. The van der Waals surface area contributed by atoms with E-state index in [1.165, 1.54) is 10.4 Å². The number of hydrogen-bond donors (Lipinski definition) is 1. The molecule has 0 radical (unpaired) electrons. The largest absolute Gasteiger partial charge is 0.366 e. The number of nitrogens with two attached hydrogens (primary N) is 1. The summed E-state index contributed by atoms with van der Waals surface area (Å²) in [6.45, 7) is 4.87. The first kappa shape index (κ1) is 22.3. The Labute approximate surface area is 203 Å². The van der Waals surface area contributed by atoms with Gasteiger partial charge in [0.25, 0.3) is 5.56 Å². The lowest BCUT2D eigenvalue weighted by Gasteiger charge is -2.17. The van der Waals surface area contributed by atoms with Crippen LogP contribution in [0.25, 0.3) is 20.8 Å². The van der Waals surface area contributed by atoms with Crippen molar-refractivity contribution in [2.24, 2.45) is 11.7 Å². The van der Waals surface area contributed by atoms with Gasteiger partial charge in [0.1, 0.15) is 9.84 Å². The first-order valence-electron chi connectivity index (χ1n) is 11.0. The number of rotatable bonds is 6. The van der Waals surface area contributed by atoms with E-state index in [-0.39, 0.29) is 5.56 Å². The average molecular weight is 497 g/mol. The van der Waals surface area contributed by atoms with Crippen LogP contribution >= 0.6 is 34.4 Å². The molecule has 1 aromatic carbocycles. The topological polar surface area (TPSA) is 90.9 Å². The number of carbonyl (C=O) groups is 1. The smallest absolute Gasteiger partial charge is 0.263 e. The number of thiazole rings is 1. The van der Waals surface area contributed by atoms with Gasteiger partial charge in [-0.05, 0) is 49.8 Å². The number of aryl methyl sites for hydroxylation is 1. The van der Waals surface area contributed by atoms with Crippen LogP contribution in [0.15, 0.2) is 39.6 Å². The van der Waals surface area contributed by atoms with Crippen LogP contribution in [0, 0.1) is 5.92 Å². The van der Waals surface area contributed by atoms with Gasteiger partial charge in [0.05, 0.1) is 11.1 Å². The lowest BCUT2D eigenvalue weighted by Crippen LogP contribution is -2.23. The number of amides is 1. The Morgan fingerprint density at radius 3 is 2.79 bits per heavy atom. The zero-order chi connectivity index (χ0) is 23.1. The molecule has 5 rings (SSSR count). The minimum atomic E-state index is -0.440. The van der Waals surface area contributed by atoms with Crippen molar-refractivity contribution in [3.05, 3.63) is 61.7 Å². The molecule has 1 aliphatic carbocycles. The third-order valence-corrected chi connectivity index (χ3v) is 9.11. The van der Waals surface area contributed by atoms with E-state index in [4.69, 9.17) is 15.7 Å². The highest BCUT2D eigenvalue weighted by atomic mass is 32.2. The fourth-order valence-electron chi connectivity index (χ4n) is 4.22. The quantitative estimate of drug-likeness (QED) is 0.296. The number of thioether (sulfide) groups is 1. The summed E-state index contributed by atoms with van der Waals surface area (Å²) in [5, 5.41) is 4.51. The minimum Gasteiger partial charge on any atom is -0.366 e. The van der Waals surface area contributed by atoms with Crippen molar-refractivity contribution in [1.29, 1.82) is 0 Å². The highest BCUT2D eigenvalue weighted by Crippen LogP contribution is 2.37. The molecule has 0 saturated carbocycles. The highest BCUT2D eigenvalue weighted by molar-refractivity contribution is 7.98. The zero-order valence-corrected chi connectivity index (χ0v) is 20.9. The van der Waals surface area contributed by atoms with Gasteiger partial charge in [0.15, 0.2) is 5.16 Å². The van der Waals surface area contributed by atoms with Crippen LogP contribution < -0.4 is 11.3 Å². The molecule has 0 bridgehead atoms. The molecule has 0 spiro atoms. The van der Waals surface area contributed by atoms with Gasteiger partial charge in [-0.3, -0.25) is 14.2 Å². The van der Waals surface area contributed by atoms with Gasteiger partial charge in [0, 0.05) is 33.7 Å². The van der Waals surface area contributed by atoms with E-state index >= 15 is 0 Å². The molecule has 0 saturated heterocycles. The molecule has 1 unspecified atom stereocenters. The number of aromatic nitrogens is 3. The standard InChI is InChI=1S/C24H24N4O2S3/c1-3-28-23(30)19-17-9-4-13(2)10-18(17)33-22(19)27-24(28)32-12-16-11-31-21(26-16)15-7-5-14(6-8-15)20(25)29/h5-8,11,13H,3-4,9-10,12H2,1-2H3,(H2,25,29). The summed E-state index contributed by atoms with van der Waals surface area (Å²) in [4.78, 5) is 36.5. The van der Waals surface area contributed by atoms with Gasteiger partial charge in [-0.15, -0.1) is 22.7 Å². The van der Waals surface area contributed by atoms with E-state index < -0.39 is 5.91 Å². The van der Waals surface area contributed by atoms with Gasteiger partial charge in [-0.2, -0.15) is 0 Å². The predicted octanol–water partition coefficient (Wildman–Crippen LogP) is 5.12. The first-order valence-corrected chi connectivity index (χ1v) is 13.6. The maximum Gasteiger partial charge on any atom is 0.263 e. The Morgan fingerprint density at radius 2 is 2.06 bits per heavy atom. The van der Waals surface area contributed by atoms with E-state index in [9.17, 15) is 9.59 Å². The molecule has 9 heteroatoms. The average Bonchev–Trinajstić information content (AvgIpc) is 3.42. The van der Waals surface area contributed by atoms with Gasteiger partial charge >= 0.3 is 0 Å². The second-order valence-electron chi connectivity index (χ2n) is 8.35. The van der Waals surface area contributed by atoms with Crippen molar-refractivity contribution in [2.75, 3.05) is 0 Å². The zero-order valence-electron chi connectivity index (χ0n) is 18.5. The third kappa shape index (κ3) is 4.25. The highest BCUT2D eigenvalue weighted by Gasteiger charge is 2.24. The fraction of sp³-hybridized carbons (Fsp3) is 0.333. The van der Waals surface area contributed by atoms with E-state index in [1.807, 2.05) is 24.4 Å². The summed E-state index contributed by atoms with van der Waals surface area (Å²) in [5.74, 6) is 0.861. The summed E-state index contributed by atoms with van der Waals surface area (Å²) in [5.41, 5.74) is 9.01. The summed E-state index contributed by atoms with van der Waals surface area (Å²) >= 11 is 4.81. The van der Waals surface area contributed by atoms with Crippen LogP contribution in [-0.2, 0) is 25.1 Å². The predicted molar refractivity (Wildman–Crippen MR) is 136 cm³/mol. The van der Waals surface area contributed by atoms with Gasteiger partial charge < -0.3 is 5.73 Å². The molecule has 0 aliphatic heterocycles. The van der Waals surface area contributed by atoms with E-state index in [1.54, 1.807) is 51.1 Å². The number of fused-ring (bicyclic) bond motifs is 3.